The van der Waals surface area contributed by atoms with E-state index in [-0.39, 0.29) is 18.3 Å². The molecule has 0 aliphatic carbocycles. The van der Waals surface area contributed by atoms with Crippen molar-refractivity contribution < 1.29 is 18.8 Å². The van der Waals surface area contributed by atoms with Gasteiger partial charge in [0.25, 0.3) is 5.91 Å². The Balaban J connectivity index is 2.44. The molecule has 0 saturated carbocycles. The molecule has 0 fully saturated rings. The standard InChI is InChI=1S/C9H11IN2O4/c1-5-3-7(16-12-5)8(13)11-4-6(10)9(14)15-2/h3,6H,4H2,1-2H3,(H,11,13). The van der Waals surface area contributed by atoms with Crippen molar-refractivity contribution in [2.45, 2.75) is 10.8 Å². The van der Waals surface area contributed by atoms with Crippen LogP contribution >= 0.6 is 22.6 Å². The highest BCUT2D eigenvalue weighted by Crippen LogP contribution is 2.04. The molecule has 0 aliphatic rings. The minimum atomic E-state index is -0.421. The molecule has 88 valence electrons. The maximum absolute atomic E-state index is 11.5. The first-order chi connectivity index (χ1) is 7.54. The van der Waals surface area contributed by atoms with Crippen LogP contribution in [0.15, 0.2) is 10.6 Å². The average Bonchev–Trinajstić information content (AvgIpc) is 2.71. The van der Waals surface area contributed by atoms with Gasteiger partial charge in [-0.25, -0.2) is 0 Å². The first kappa shape index (κ1) is 12.9. The molecule has 1 unspecified atom stereocenters. The number of aromatic nitrogens is 1. The average molecular weight is 338 g/mol. The molecule has 0 aromatic carbocycles. The summed E-state index contributed by atoms with van der Waals surface area (Å²) in [6, 6.07) is 1.52. The Kier molecular flexibility index (Phi) is 4.71. The number of ether oxygens (including phenoxy) is 1. The van der Waals surface area contributed by atoms with Gasteiger partial charge < -0.3 is 14.6 Å². The molecule has 1 amide bonds. The molecule has 1 rings (SSSR count). The number of methoxy groups -OCH3 is 1. The lowest BCUT2D eigenvalue weighted by atomic mass is 10.3. The molecule has 0 saturated heterocycles. The molecule has 0 aliphatic heterocycles. The summed E-state index contributed by atoms with van der Waals surface area (Å²) in [6.07, 6.45) is 0. The Morgan fingerprint density at radius 3 is 2.88 bits per heavy atom. The van der Waals surface area contributed by atoms with Crippen LogP contribution in [0.5, 0.6) is 0 Å². The van der Waals surface area contributed by atoms with Gasteiger partial charge in [-0.1, -0.05) is 27.7 Å². The van der Waals surface area contributed by atoms with E-state index in [2.05, 4.69) is 15.2 Å². The summed E-state index contributed by atoms with van der Waals surface area (Å²) in [7, 11) is 1.30. The summed E-state index contributed by atoms with van der Waals surface area (Å²) in [6.45, 7) is 1.90. The second-order valence-electron chi connectivity index (χ2n) is 3.03. The maximum atomic E-state index is 11.5. The monoisotopic (exact) mass is 338 g/mol. The van der Waals surface area contributed by atoms with Gasteiger partial charge in [0, 0.05) is 12.6 Å². The number of nitrogens with zero attached hydrogens (tertiary/aromatic N) is 1. The summed E-state index contributed by atoms with van der Waals surface area (Å²) < 4.78 is 8.86. The topological polar surface area (TPSA) is 81.4 Å². The quantitative estimate of drug-likeness (QED) is 0.496. The highest BCUT2D eigenvalue weighted by Gasteiger charge is 2.18. The van der Waals surface area contributed by atoms with Crippen molar-refractivity contribution in [3.8, 4) is 0 Å². The minimum Gasteiger partial charge on any atom is -0.468 e. The van der Waals surface area contributed by atoms with E-state index in [1.165, 1.54) is 13.2 Å². The van der Waals surface area contributed by atoms with Gasteiger partial charge in [-0.3, -0.25) is 9.59 Å². The van der Waals surface area contributed by atoms with Crippen LogP contribution in [0, 0.1) is 6.92 Å². The van der Waals surface area contributed by atoms with E-state index in [4.69, 9.17) is 4.52 Å². The fourth-order valence-corrected chi connectivity index (χ4v) is 1.43. The molecular formula is C9H11IN2O4. The number of hydrogen-bond donors (Lipinski definition) is 1. The SMILES string of the molecule is COC(=O)C(I)CNC(=O)c1cc(C)no1. The van der Waals surface area contributed by atoms with Gasteiger partial charge in [-0.2, -0.15) is 0 Å². The molecule has 1 aromatic heterocycles. The second-order valence-corrected chi connectivity index (χ2v) is 4.54. The lowest BCUT2D eigenvalue weighted by Gasteiger charge is -2.07. The van der Waals surface area contributed by atoms with Crippen molar-refractivity contribution in [1.82, 2.24) is 10.5 Å². The van der Waals surface area contributed by atoms with Crippen molar-refractivity contribution in [2.24, 2.45) is 0 Å². The van der Waals surface area contributed by atoms with Crippen LogP contribution in [0.25, 0.3) is 0 Å². The predicted octanol–water partition coefficient (Wildman–Crippen LogP) is 0.689. The molecule has 0 bridgehead atoms. The first-order valence-corrected chi connectivity index (χ1v) is 5.72. The normalized spacial score (nSPS) is 11.9. The van der Waals surface area contributed by atoms with Gasteiger partial charge in [0.1, 0.15) is 3.92 Å². The molecule has 1 atom stereocenters. The van der Waals surface area contributed by atoms with Gasteiger partial charge in [-0.15, -0.1) is 0 Å². The van der Waals surface area contributed by atoms with Crippen LogP contribution in [0.4, 0.5) is 0 Å². The number of aryl methyl sites for hydroxylation is 1. The Morgan fingerprint density at radius 2 is 2.38 bits per heavy atom. The molecule has 0 spiro atoms. The van der Waals surface area contributed by atoms with E-state index in [1.807, 2.05) is 22.6 Å². The molecule has 1 aromatic rings. The summed E-state index contributed by atoms with van der Waals surface area (Å²) in [5.41, 5.74) is 0.629. The largest absolute Gasteiger partial charge is 0.468 e. The molecule has 0 radical (unpaired) electrons. The summed E-state index contributed by atoms with van der Waals surface area (Å²) in [4.78, 5) is 22.5. The fraction of sp³-hybridized carbons (Fsp3) is 0.444. The Bertz CT molecular complexity index is 391. The number of amides is 1. The van der Waals surface area contributed by atoms with Crippen molar-refractivity contribution >= 4 is 34.5 Å². The summed E-state index contributed by atoms with van der Waals surface area (Å²) >= 11 is 1.89. The van der Waals surface area contributed by atoms with Crippen LogP contribution in [0.1, 0.15) is 16.2 Å². The van der Waals surface area contributed by atoms with Gasteiger partial charge in [0.05, 0.1) is 12.8 Å². The van der Waals surface area contributed by atoms with E-state index in [0.29, 0.717) is 5.69 Å². The van der Waals surface area contributed by atoms with E-state index in [0.717, 1.165) is 0 Å². The number of rotatable bonds is 4. The van der Waals surface area contributed by atoms with Crippen molar-refractivity contribution in [1.29, 1.82) is 0 Å². The molecule has 16 heavy (non-hydrogen) atoms. The van der Waals surface area contributed by atoms with Gasteiger partial charge in [0.15, 0.2) is 0 Å². The Labute approximate surface area is 106 Å². The number of carbonyl (C=O) groups excluding carboxylic acids is 2. The van der Waals surface area contributed by atoms with E-state index >= 15 is 0 Å². The zero-order valence-corrected chi connectivity index (χ0v) is 11.0. The third-order valence-electron chi connectivity index (χ3n) is 1.75. The van der Waals surface area contributed by atoms with E-state index < -0.39 is 9.83 Å². The number of alkyl halides is 1. The Hall–Kier alpha value is -1.12. The second kappa shape index (κ2) is 5.83. The zero-order valence-electron chi connectivity index (χ0n) is 8.82. The van der Waals surface area contributed by atoms with Crippen molar-refractivity contribution in [2.75, 3.05) is 13.7 Å². The smallest absolute Gasteiger partial charge is 0.320 e. The molecule has 6 nitrogen and oxygen atoms in total. The van der Waals surface area contributed by atoms with Crippen LogP contribution in [-0.4, -0.2) is 34.6 Å². The van der Waals surface area contributed by atoms with E-state index in [9.17, 15) is 9.59 Å². The van der Waals surface area contributed by atoms with Crippen molar-refractivity contribution in [3.05, 3.63) is 17.5 Å². The Morgan fingerprint density at radius 1 is 1.69 bits per heavy atom. The van der Waals surface area contributed by atoms with Gasteiger partial charge in [0.2, 0.25) is 5.76 Å². The molecule has 1 N–H and O–H groups in total. The number of halogens is 1. The number of esters is 1. The zero-order chi connectivity index (χ0) is 12.1. The summed E-state index contributed by atoms with van der Waals surface area (Å²) in [5.74, 6) is -0.646. The molecule has 7 heteroatoms. The first-order valence-electron chi connectivity index (χ1n) is 4.48. The van der Waals surface area contributed by atoms with Crippen LogP contribution in [-0.2, 0) is 9.53 Å². The van der Waals surface area contributed by atoms with Crippen LogP contribution < -0.4 is 5.32 Å². The fourth-order valence-electron chi connectivity index (χ4n) is 0.951. The lowest BCUT2D eigenvalue weighted by molar-refractivity contribution is -0.139. The summed E-state index contributed by atoms with van der Waals surface area (Å²) in [5, 5.41) is 6.13. The van der Waals surface area contributed by atoms with Crippen LogP contribution in [0.3, 0.4) is 0 Å². The predicted molar refractivity (Wildman–Crippen MR) is 63.4 cm³/mol. The highest BCUT2D eigenvalue weighted by molar-refractivity contribution is 14.1. The third kappa shape index (κ3) is 3.47. The maximum Gasteiger partial charge on any atom is 0.320 e. The minimum absolute atomic E-state index is 0.131. The number of hydrogen-bond acceptors (Lipinski definition) is 5. The van der Waals surface area contributed by atoms with Gasteiger partial charge in [-0.05, 0) is 6.92 Å². The lowest BCUT2D eigenvalue weighted by Crippen LogP contribution is -2.33. The molecular weight excluding hydrogens is 327 g/mol. The highest BCUT2D eigenvalue weighted by atomic mass is 127. The van der Waals surface area contributed by atoms with E-state index in [1.54, 1.807) is 6.92 Å². The van der Waals surface area contributed by atoms with Crippen molar-refractivity contribution in [3.63, 3.8) is 0 Å². The third-order valence-corrected chi connectivity index (χ3v) is 2.70. The van der Waals surface area contributed by atoms with Crippen LogP contribution in [0.2, 0.25) is 0 Å². The molecule has 1 heterocycles. The van der Waals surface area contributed by atoms with Gasteiger partial charge >= 0.3 is 5.97 Å². The number of carbonyl (C=O) groups is 2. The number of nitrogens with one attached hydrogen (secondary N) is 1.